The fourth-order valence-corrected chi connectivity index (χ4v) is 3.25. The first kappa shape index (κ1) is 21.9. The van der Waals surface area contributed by atoms with E-state index in [-0.39, 0.29) is 13.2 Å². The summed E-state index contributed by atoms with van der Waals surface area (Å²) in [5.74, 6) is 1.98. The molecule has 2 aromatic heterocycles. The maximum absolute atomic E-state index is 9.58. The maximum Gasteiger partial charge on any atom is 0.258 e. The Kier molecular flexibility index (Phi) is 6.84. The van der Waals surface area contributed by atoms with Crippen molar-refractivity contribution in [3.63, 3.8) is 0 Å². The van der Waals surface area contributed by atoms with Crippen LogP contribution in [0.1, 0.15) is 49.2 Å². The predicted molar refractivity (Wildman–Crippen MR) is 114 cm³/mol. The molecule has 0 aliphatic carbocycles. The Bertz CT molecular complexity index is 1010. The van der Waals surface area contributed by atoms with Crippen molar-refractivity contribution in [3.05, 3.63) is 46.8 Å². The van der Waals surface area contributed by atoms with Crippen LogP contribution in [0.5, 0.6) is 5.75 Å². The van der Waals surface area contributed by atoms with Crippen molar-refractivity contribution in [1.82, 2.24) is 15.1 Å². The lowest BCUT2D eigenvalue weighted by atomic mass is 10.0. The predicted octanol–water partition coefficient (Wildman–Crippen LogP) is 3.83. The Hall–Kier alpha value is -2.77. The third kappa shape index (κ3) is 4.86. The van der Waals surface area contributed by atoms with Gasteiger partial charge in [0.2, 0.25) is 5.82 Å². The lowest BCUT2D eigenvalue weighted by molar-refractivity contribution is 0.0531. The van der Waals surface area contributed by atoms with Crippen LogP contribution in [0.2, 0.25) is 0 Å². The summed E-state index contributed by atoms with van der Waals surface area (Å²) in [6, 6.07) is 7.84. The standard InChI is InChI=1S/C23H29N3O4/c1-6-16-9-17(7-14(4)21(16)29-12-19(28)11-27)22-25-23(30-26-22)18-8-15(5)24-20(10-18)13(2)3/h7-10,13,19,27-28H,6,11-12H2,1-5H3. The number of nitrogens with zero attached hydrogens (tertiary/aromatic N) is 3. The van der Waals surface area contributed by atoms with Crippen LogP contribution in [0.4, 0.5) is 0 Å². The summed E-state index contributed by atoms with van der Waals surface area (Å²) in [5.41, 5.74) is 5.47. The second-order valence-electron chi connectivity index (χ2n) is 7.78. The van der Waals surface area contributed by atoms with Crippen LogP contribution >= 0.6 is 0 Å². The molecule has 30 heavy (non-hydrogen) atoms. The molecule has 160 valence electrons. The van der Waals surface area contributed by atoms with Gasteiger partial charge in [-0.1, -0.05) is 25.9 Å². The molecule has 0 radical (unpaired) electrons. The van der Waals surface area contributed by atoms with Gasteiger partial charge in [-0.3, -0.25) is 4.98 Å². The van der Waals surface area contributed by atoms with Crippen LogP contribution in [-0.2, 0) is 6.42 Å². The summed E-state index contributed by atoms with van der Waals surface area (Å²) >= 11 is 0. The van der Waals surface area contributed by atoms with Crippen LogP contribution in [0.3, 0.4) is 0 Å². The SMILES string of the molecule is CCc1cc(-c2noc(-c3cc(C)nc(C(C)C)c3)n2)cc(C)c1OCC(O)CO. The number of benzene rings is 1. The van der Waals surface area contributed by atoms with Gasteiger partial charge in [0.25, 0.3) is 5.89 Å². The van der Waals surface area contributed by atoms with Gasteiger partial charge in [-0.25, -0.2) is 0 Å². The molecule has 2 heterocycles. The number of pyridine rings is 1. The van der Waals surface area contributed by atoms with Gasteiger partial charge in [0.05, 0.1) is 6.61 Å². The van der Waals surface area contributed by atoms with Crippen LogP contribution in [0.25, 0.3) is 22.8 Å². The quantitative estimate of drug-likeness (QED) is 0.581. The fraction of sp³-hybridized carbons (Fsp3) is 0.435. The number of aliphatic hydroxyl groups excluding tert-OH is 2. The number of aromatic nitrogens is 3. The maximum atomic E-state index is 9.58. The van der Waals surface area contributed by atoms with E-state index >= 15 is 0 Å². The van der Waals surface area contributed by atoms with E-state index in [1.165, 1.54) is 0 Å². The molecule has 2 N–H and O–H groups in total. The molecule has 3 aromatic rings. The van der Waals surface area contributed by atoms with Gasteiger partial charge < -0.3 is 19.5 Å². The molecule has 7 nitrogen and oxygen atoms in total. The number of hydrogen-bond donors (Lipinski definition) is 2. The Labute approximate surface area is 176 Å². The normalized spacial score (nSPS) is 12.4. The van der Waals surface area contributed by atoms with Crippen molar-refractivity contribution in [3.8, 4) is 28.6 Å². The first-order chi connectivity index (χ1) is 14.3. The van der Waals surface area contributed by atoms with Crippen LogP contribution in [0.15, 0.2) is 28.8 Å². The summed E-state index contributed by atoms with van der Waals surface area (Å²) in [5, 5.41) is 22.8. The molecular weight excluding hydrogens is 382 g/mol. The van der Waals surface area contributed by atoms with Gasteiger partial charge in [-0.05, 0) is 61.6 Å². The molecular formula is C23H29N3O4. The number of ether oxygens (including phenoxy) is 1. The summed E-state index contributed by atoms with van der Waals surface area (Å²) in [4.78, 5) is 9.17. The highest BCUT2D eigenvalue weighted by Crippen LogP contribution is 2.31. The average molecular weight is 412 g/mol. The Morgan fingerprint density at radius 1 is 1.07 bits per heavy atom. The molecule has 3 rings (SSSR count). The smallest absolute Gasteiger partial charge is 0.258 e. The first-order valence-corrected chi connectivity index (χ1v) is 10.2. The lowest BCUT2D eigenvalue weighted by Crippen LogP contribution is -2.22. The van der Waals surface area contributed by atoms with Crippen LogP contribution < -0.4 is 4.74 Å². The topological polar surface area (TPSA) is 102 Å². The zero-order chi connectivity index (χ0) is 21.8. The second kappa shape index (κ2) is 9.36. The van der Waals surface area contributed by atoms with E-state index in [1.54, 1.807) is 0 Å². The van der Waals surface area contributed by atoms with E-state index in [9.17, 15) is 5.11 Å². The van der Waals surface area contributed by atoms with Crippen molar-refractivity contribution >= 4 is 0 Å². The summed E-state index contributed by atoms with van der Waals surface area (Å²) in [6.45, 7) is 9.82. The van der Waals surface area contributed by atoms with Crippen molar-refractivity contribution in [1.29, 1.82) is 0 Å². The minimum atomic E-state index is -0.909. The van der Waals surface area contributed by atoms with Crippen molar-refractivity contribution in [2.24, 2.45) is 0 Å². The molecule has 0 amide bonds. The summed E-state index contributed by atoms with van der Waals surface area (Å²) in [7, 11) is 0. The molecule has 0 fully saturated rings. The largest absolute Gasteiger partial charge is 0.490 e. The average Bonchev–Trinajstić information content (AvgIpc) is 3.22. The monoisotopic (exact) mass is 411 g/mol. The molecule has 0 aliphatic rings. The highest BCUT2D eigenvalue weighted by Gasteiger charge is 2.17. The summed E-state index contributed by atoms with van der Waals surface area (Å²) < 4.78 is 11.3. The van der Waals surface area contributed by atoms with Gasteiger partial charge in [0.1, 0.15) is 18.5 Å². The molecule has 1 unspecified atom stereocenters. The Morgan fingerprint density at radius 3 is 2.50 bits per heavy atom. The number of rotatable bonds is 8. The molecule has 0 bridgehead atoms. The highest BCUT2D eigenvalue weighted by atomic mass is 16.5. The summed E-state index contributed by atoms with van der Waals surface area (Å²) in [6.07, 6.45) is -0.168. The van der Waals surface area contributed by atoms with E-state index in [0.29, 0.717) is 23.4 Å². The molecule has 0 saturated carbocycles. The zero-order valence-electron chi connectivity index (χ0n) is 18.1. The van der Waals surface area contributed by atoms with E-state index < -0.39 is 6.10 Å². The van der Waals surface area contributed by atoms with Gasteiger partial charge in [0.15, 0.2) is 0 Å². The van der Waals surface area contributed by atoms with Gasteiger partial charge >= 0.3 is 0 Å². The molecule has 0 aliphatic heterocycles. The van der Waals surface area contributed by atoms with E-state index in [4.69, 9.17) is 14.4 Å². The van der Waals surface area contributed by atoms with E-state index in [1.807, 2.05) is 45.0 Å². The van der Waals surface area contributed by atoms with Crippen LogP contribution in [0, 0.1) is 13.8 Å². The molecule has 0 saturated heterocycles. The first-order valence-electron chi connectivity index (χ1n) is 10.2. The lowest BCUT2D eigenvalue weighted by Gasteiger charge is -2.16. The van der Waals surface area contributed by atoms with Gasteiger partial charge in [-0.15, -0.1) is 0 Å². The Morgan fingerprint density at radius 2 is 1.83 bits per heavy atom. The number of hydrogen-bond acceptors (Lipinski definition) is 7. The van der Waals surface area contributed by atoms with E-state index in [0.717, 1.165) is 40.1 Å². The zero-order valence-corrected chi connectivity index (χ0v) is 18.1. The van der Waals surface area contributed by atoms with Crippen molar-refractivity contribution in [2.45, 2.75) is 53.1 Å². The third-order valence-electron chi connectivity index (χ3n) is 4.86. The highest BCUT2D eigenvalue weighted by molar-refractivity contribution is 5.64. The third-order valence-corrected chi connectivity index (χ3v) is 4.86. The number of aryl methyl sites for hydroxylation is 3. The molecule has 1 aromatic carbocycles. The molecule has 1 atom stereocenters. The van der Waals surface area contributed by atoms with Crippen LogP contribution in [-0.4, -0.2) is 44.7 Å². The Balaban J connectivity index is 1.93. The van der Waals surface area contributed by atoms with Gasteiger partial charge in [0, 0.05) is 22.5 Å². The van der Waals surface area contributed by atoms with Gasteiger partial charge in [-0.2, -0.15) is 4.98 Å². The molecule has 0 spiro atoms. The minimum absolute atomic E-state index is 0.0373. The number of aliphatic hydroxyl groups is 2. The fourth-order valence-electron chi connectivity index (χ4n) is 3.25. The van der Waals surface area contributed by atoms with E-state index in [2.05, 4.69) is 29.0 Å². The van der Waals surface area contributed by atoms with Crippen molar-refractivity contribution in [2.75, 3.05) is 13.2 Å². The second-order valence-corrected chi connectivity index (χ2v) is 7.78. The molecule has 7 heteroatoms. The minimum Gasteiger partial charge on any atom is -0.490 e. The van der Waals surface area contributed by atoms with Crippen molar-refractivity contribution < 1.29 is 19.5 Å².